The Morgan fingerprint density at radius 2 is 1.63 bits per heavy atom. The Morgan fingerprint density at radius 1 is 0.963 bits per heavy atom. The summed E-state index contributed by atoms with van der Waals surface area (Å²) in [6.07, 6.45) is 0. The molecule has 2 rings (SSSR count). The second kappa shape index (κ2) is 9.38. The normalized spacial score (nSPS) is 10.0. The first-order valence-corrected chi connectivity index (χ1v) is 8.33. The average Bonchev–Trinajstić information content (AvgIpc) is 2.67. The summed E-state index contributed by atoms with van der Waals surface area (Å²) in [5.41, 5.74) is 1.29. The van der Waals surface area contributed by atoms with Crippen molar-refractivity contribution < 1.29 is 28.6 Å². The molecule has 0 spiro atoms. The highest BCUT2D eigenvalue weighted by atomic mass is 16.5. The topological polar surface area (TPSA) is 90.9 Å². The van der Waals surface area contributed by atoms with Crippen LogP contribution >= 0.6 is 0 Å². The van der Waals surface area contributed by atoms with Gasteiger partial charge in [-0.25, -0.2) is 4.79 Å². The largest absolute Gasteiger partial charge is 0.493 e. The standard InChI is InChI=1S/C20H21NO6/c1-4-26-17-10-7-15(11-18(17)25-3)20(24)27-12-19(23)21-16-8-5-14(6-9-16)13(2)22/h5-11H,4,12H2,1-3H3,(H,21,23). The van der Waals surface area contributed by atoms with Crippen molar-refractivity contribution in [3.05, 3.63) is 53.6 Å². The van der Waals surface area contributed by atoms with Crippen LogP contribution in [0.1, 0.15) is 34.6 Å². The van der Waals surface area contributed by atoms with Crippen LogP contribution in [0.25, 0.3) is 0 Å². The number of amides is 1. The Morgan fingerprint density at radius 3 is 2.22 bits per heavy atom. The SMILES string of the molecule is CCOc1ccc(C(=O)OCC(=O)Nc2ccc(C(C)=O)cc2)cc1OC. The summed E-state index contributed by atoms with van der Waals surface area (Å²) in [5.74, 6) is -0.285. The van der Waals surface area contributed by atoms with Crippen molar-refractivity contribution in [3.8, 4) is 11.5 Å². The minimum absolute atomic E-state index is 0.0624. The molecule has 0 radical (unpaired) electrons. The van der Waals surface area contributed by atoms with Crippen LogP contribution in [0, 0.1) is 0 Å². The molecule has 1 N–H and O–H groups in total. The molecule has 0 fully saturated rings. The fourth-order valence-corrected chi connectivity index (χ4v) is 2.27. The van der Waals surface area contributed by atoms with Gasteiger partial charge in [0.05, 0.1) is 19.3 Å². The molecule has 0 aliphatic rings. The van der Waals surface area contributed by atoms with E-state index in [2.05, 4.69) is 5.32 Å². The number of ether oxygens (including phenoxy) is 3. The molecule has 142 valence electrons. The molecule has 0 aromatic heterocycles. The van der Waals surface area contributed by atoms with E-state index in [4.69, 9.17) is 14.2 Å². The van der Waals surface area contributed by atoms with Crippen molar-refractivity contribution in [2.24, 2.45) is 0 Å². The van der Waals surface area contributed by atoms with Crippen LogP contribution in [0.15, 0.2) is 42.5 Å². The lowest BCUT2D eigenvalue weighted by Gasteiger charge is -2.11. The third kappa shape index (κ3) is 5.57. The van der Waals surface area contributed by atoms with Gasteiger partial charge in [0.15, 0.2) is 23.9 Å². The zero-order valence-electron chi connectivity index (χ0n) is 15.4. The highest BCUT2D eigenvalue weighted by Crippen LogP contribution is 2.28. The molecule has 7 nitrogen and oxygen atoms in total. The number of hydrogen-bond donors (Lipinski definition) is 1. The van der Waals surface area contributed by atoms with Gasteiger partial charge < -0.3 is 19.5 Å². The lowest BCUT2D eigenvalue weighted by Crippen LogP contribution is -2.21. The molecule has 0 aliphatic heterocycles. The van der Waals surface area contributed by atoms with Crippen LogP contribution in [0.3, 0.4) is 0 Å². The van der Waals surface area contributed by atoms with Crippen LogP contribution in [-0.4, -0.2) is 38.0 Å². The van der Waals surface area contributed by atoms with Crippen LogP contribution < -0.4 is 14.8 Å². The van der Waals surface area contributed by atoms with Gasteiger partial charge in [-0.05, 0) is 56.3 Å². The summed E-state index contributed by atoms with van der Waals surface area (Å²) < 4.78 is 15.6. The van der Waals surface area contributed by atoms with Crippen molar-refractivity contribution in [2.75, 3.05) is 25.6 Å². The van der Waals surface area contributed by atoms with E-state index in [-0.39, 0.29) is 11.3 Å². The predicted octanol–water partition coefficient (Wildman–Crippen LogP) is 3.09. The third-order valence-electron chi connectivity index (χ3n) is 3.61. The van der Waals surface area contributed by atoms with Gasteiger partial charge in [-0.3, -0.25) is 9.59 Å². The number of Topliss-reactive ketones (excluding diaryl/α,β-unsaturated/α-hetero) is 1. The van der Waals surface area contributed by atoms with E-state index in [9.17, 15) is 14.4 Å². The minimum Gasteiger partial charge on any atom is -0.493 e. The second-order valence-corrected chi connectivity index (χ2v) is 5.56. The van der Waals surface area contributed by atoms with Gasteiger partial charge in [0, 0.05) is 11.3 Å². The van der Waals surface area contributed by atoms with Gasteiger partial charge in [0.1, 0.15) is 0 Å². The highest BCUT2D eigenvalue weighted by Gasteiger charge is 2.14. The van der Waals surface area contributed by atoms with Crippen molar-refractivity contribution in [1.29, 1.82) is 0 Å². The third-order valence-corrected chi connectivity index (χ3v) is 3.61. The molecule has 27 heavy (non-hydrogen) atoms. The van der Waals surface area contributed by atoms with Gasteiger partial charge in [-0.15, -0.1) is 0 Å². The number of carbonyl (C=O) groups is 3. The summed E-state index contributed by atoms with van der Waals surface area (Å²) in [6.45, 7) is 3.33. The van der Waals surface area contributed by atoms with Crippen LogP contribution in [0.5, 0.6) is 11.5 Å². The Kier molecular flexibility index (Phi) is 6.93. The Labute approximate surface area is 157 Å². The van der Waals surface area contributed by atoms with Crippen LogP contribution in [-0.2, 0) is 9.53 Å². The number of anilines is 1. The van der Waals surface area contributed by atoms with E-state index in [1.54, 1.807) is 30.3 Å². The van der Waals surface area contributed by atoms with E-state index in [0.717, 1.165) is 0 Å². The van der Waals surface area contributed by atoms with Crippen molar-refractivity contribution in [2.45, 2.75) is 13.8 Å². The lowest BCUT2D eigenvalue weighted by atomic mass is 10.1. The zero-order chi connectivity index (χ0) is 19.8. The predicted molar refractivity (Wildman–Crippen MR) is 99.5 cm³/mol. The Hall–Kier alpha value is -3.35. The van der Waals surface area contributed by atoms with E-state index >= 15 is 0 Å². The maximum absolute atomic E-state index is 12.1. The second-order valence-electron chi connectivity index (χ2n) is 5.56. The molecular formula is C20H21NO6. The highest BCUT2D eigenvalue weighted by molar-refractivity contribution is 5.97. The molecule has 2 aromatic carbocycles. The van der Waals surface area contributed by atoms with Gasteiger partial charge in [-0.2, -0.15) is 0 Å². The van der Waals surface area contributed by atoms with Crippen molar-refractivity contribution >= 4 is 23.3 Å². The summed E-state index contributed by atoms with van der Waals surface area (Å²) in [6, 6.07) is 11.1. The molecule has 7 heteroatoms. The molecule has 2 aromatic rings. The maximum atomic E-state index is 12.1. The molecule has 0 atom stereocenters. The molecule has 0 heterocycles. The Balaban J connectivity index is 1.92. The zero-order valence-corrected chi connectivity index (χ0v) is 15.4. The molecule has 0 bridgehead atoms. The number of benzene rings is 2. The number of hydrogen-bond acceptors (Lipinski definition) is 6. The average molecular weight is 371 g/mol. The van der Waals surface area contributed by atoms with Gasteiger partial charge in [0.2, 0.25) is 0 Å². The number of nitrogens with one attached hydrogen (secondary N) is 1. The van der Waals surface area contributed by atoms with Crippen LogP contribution in [0.2, 0.25) is 0 Å². The minimum atomic E-state index is -0.654. The van der Waals surface area contributed by atoms with E-state index in [1.807, 2.05) is 6.92 Å². The molecule has 0 unspecified atom stereocenters. The number of ketones is 1. The number of esters is 1. The molecule has 0 aliphatic carbocycles. The van der Waals surface area contributed by atoms with Gasteiger partial charge in [-0.1, -0.05) is 0 Å². The van der Waals surface area contributed by atoms with E-state index < -0.39 is 18.5 Å². The number of methoxy groups -OCH3 is 1. The monoisotopic (exact) mass is 371 g/mol. The van der Waals surface area contributed by atoms with Crippen molar-refractivity contribution in [3.63, 3.8) is 0 Å². The Bertz CT molecular complexity index is 829. The van der Waals surface area contributed by atoms with Gasteiger partial charge >= 0.3 is 5.97 Å². The first-order chi connectivity index (χ1) is 12.9. The van der Waals surface area contributed by atoms with Crippen LogP contribution in [0.4, 0.5) is 5.69 Å². The summed E-state index contributed by atoms with van der Waals surface area (Å²) in [5, 5.41) is 2.59. The summed E-state index contributed by atoms with van der Waals surface area (Å²) in [4.78, 5) is 35.3. The smallest absolute Gasteiger partial charge is 0.338 e. The molecule has 0 saturated carbocycles. The maximum Gasteiger partial charge on any atom is 0.338 e. The molecule has 0 saturated heterocycles. The molecular weight excluding hydrogens is 350 g/mol. The summed E-state index contributed by atoms with van der Waals surface area (Å²) in [7, 11) is 1.47. The quantitative estimate of drug-likeness (QED) is 0.566. The molecule has 1 amide bonds. The summed E-state index contributed by atoms with van der Waals surface area (Å²) >= 11 is 0. The number of carbonyl (C=O) groups excluding carboxylic acids is 3. The number of rotatable bonds is 8. The fraction of sp³-hybridized carbons (Fsp3) is 0.250. The van der Waals surface area contributed by atoms with E-state index in [0.29, 0.717) is 29.4 Å². The van der Waals surface area contributed by atoms with E-state index in [1.165, 1.54) is 26.2 Å². The van der Waals surface area contributed by atoms with Gasteiger partial charge in [0.25, 0.3) is 5.91 Å². The fourth-order valence-electron chi connectivity index (χ4n) is 2.27. The lowest BCUT2D eigenvalue weighted by molar-refractivity contribution is -0.119. The first kappa shape index (κ1) is 20.0. The van der Waals surface area contributed by atoms with Crippen molar-refractivity contribution in [1.82, 2.24) is 0 Å². The first-order valence-electron chi connectivity index (χ1n) is 8.33.